The summed E-state index contributed by atoms with van der Waals surface area (Å²) >= 11 is 0. The number of benzene rings is 3. The second-order valence-electron chi connectivity index (χ2n) is 8.56. The summed E-state index contributed by atoms with van der Waals surface area (Å²) in [6, 6.07) is 17.1. The average molecular weight is 451 g/mol. The van der Waals surface area contributed by atoms with Crippen LogP contribution in [0.5, 0.6) is 5.75 Å². The van der Waals surface area contributed by atoms with Gasteiger partial charge in [-0.1, -0.05) is 42.5 Å². The second kappa shape index (κ2) is 9.58. The highest BCUT2D eigenvalue weighted by molar-refractivity contribution is 6.00. The lowest BCUT2D eigenvalue weighted by atomic mass is 10.1. The molecule has 1 N–H and O–H groups in total. The van der Waals surface area contributed by atoms with Crippen molar-refractivity contribution in [1.82, 2.24) is 9.80 Å². The number of carboxylic acid groups (broad SMARTS) is 1. The third kappa shape index (κ3) is 4.98. The van der Waals surface area contributed by atoms with E-state index in [4.69, 9.17) is 4.74 Å². The summed E-state index contributed by atoms with van der Waals surface area (Å²) in [5.74, 6) is -1.32. The van der Waals surface area contributed by atoms with Gasteiger partial charge in [0.2, 0.25) is 0 Å². The summed E-state index contributed by atoms with van der Waals surface area (Å²) < 4.78 is 19.0. The highest BCUT2D eigenvalue weighted by atomic mass is 19.1. The first-order valence-corrected chi connectivity index (χ1v) is 11.0. The van der Waals surface area contributed by atoms with Crippen molar-refractivity contribution in [3.63, 3.8) is 0 Å². The van der Waals surface area contributed by atoms with Gasteiger partial charge in [0.05, 0.1) is 0 Å². The van der Waals surface area contributed by atoms with E-state index in [1.807, 2.05) is 25.1 Å². The van der Waals surface area contributed by atoms with Crippen LogP contribution >= 0.6 is 0 Å². The molecule has 1 aliphatic rings. The molecule has 33 heavy (non-hydrogen) atoms. The Morgan fingerprint density at radius 2 is 1.73 bits per heavy atom. The zero-order chi connectivity index (χ0) is 23.5. The first-order valence-electron chi connectivity index (χ1n) is 11.0. The van der Waals surface area contributed by atoms with E-state index in [1.54, 1.807) is 29.2 Å². The third-order valence-corrected chi connectivity index (χ3v) is 6.18. The van der Waals surface area contributed by atoms with E-state index in [2.05, 4.69) is 11.8 Å². The fourth-order valence-corrected chi connectivity index (χ4v) is 4.37. The molecule has 172 valence electrons. The molecule has 0 spiro atoms. The highest BCUT2D eigenvalue weighted by Crippen LogP contribution is 2.30. The van der Waals surface area contributed by atoms with Gasteiger partial charge >= 0.3 is 5.97 Å². The van der Waals surface area contributed by atoms with Crippen LogP contribution in [0.1, 0.15) is 29.8 Å². The minimum atomic E-state index is -1.10. The van der Waals surface area contributed by atoms with Gasteiger partial charge in [0, 0.05) is 37.1 Å². The maximum Gasteiger partial charge on any atom is 0.339 e. The standard InChI is InChI=1S/C26H27FN2O4/c1-17-14-29(18(2)13-28(17)15-19-7-10-21(27)11-8-19)24(30)16-33-25-22-6-4-3-5-20(22)9-12-23(25)26(31)32/h3-12,17-18H,13-16H2,1-2H3,(H,31,32). The van der Waals surface area contributed by atoms with E-state index in [-0.39, 0.29) is 41.7 Å². The number of carboxylic acids is 1. The zero-order valence-corrected chi connectivity index (χ0v) is 18.7. The monoisotopic (exact) mass is 450 g/mol. The lowest BCUT2D eigenvalue weighted by Gasteiger charge is -2.44. The quantitative estimate of drug-likeness (QED) is 0.610. The average Bonchev–Trinajstić information content (AvgIpc) is 2.80. The van der Waals surface area contributed by atoms with Crippen molar-refractivity contribution >= 4 is 22.6 Å². The molecule has 7 heteroatoms. The maximum absolute atomic E-state index is 13.2. The van der Waals surface area contributed by atoms with Crippen LogP contribution in [0, 0.1) is 5.82 Å². The van der Waals surface area contributed by atoms with Gasteiger partial charge in [0.25, 0.3) is 5.91 Å². The van der Waals surface area contributed by atoms with Crippen LogP contribution in [-0.4, -0.2) is 58.6 Å². The summed E-state index contributed by atoms with van der Waals surface area (Å²) in [6.45, 7) is 5.71. The number of aromatic carboxylic acids is 1. The Hall–Kier alpha value is -3.45. The van der Waals surface area contributed by atoms with Gasteiger partial charge in [-0.05, 0) is 43.0 Å². The van der Waals surface area contributed by atoms with Gasteiger partial charge < -0.3 is 14.7 Å². The number of rotatable bonds is 6. The minimum Gasteiger partial charge on any atom is -0.482 e. The number of hydrogen-bond donors (Lipinski definition) is 1. The molecule has 1 heterocycles. The molecule has 0 aromatic heterocycles. The molecule has 1 saturated heterocycles. The van der Waals surface area contributed by atoms with Crippen LogP contribution in [0.15, 0.2) is 60.7 Å². The molecule has 2 unspecified atom stereocenters. The number of hydrogen-bond acceptors (Lipinski definition) is 4. The predicted molar refractivity (Wildman–Crippen MR) is 124 cm³/mol. The van der Waals surface area contributed by atoms with Gasteiger partial charge in [-0.15, -0.1) is 0 Å². The van der Waals surface area contributed by atoms with E-state index in [1.165, 1.54) is 18.2 Å². The first kappa shape index (κ1) is 22.7. The SMILES string of the molecule is CC1CN(C(=O)COc2c(C(=O)O)ccc3ccccc23)C(C)CN1Cc1ccc(F)cc1. The van der Waals surface area contributed by atoms with Crippen molar-refractivity contribution in [2.75, 3.05) is 19.7 Å². The van der Waals surface area contributed by atoms with Crippen LogP contribution in [-0.2, 0) is 11.3 Å². The summed E-state index contributed by atoms with van der Waals surface area (Å²) in [4.78, 5) is 28.8. The third-order valence-electron chi connectivity index (χ3n) is 6.18. The Labute approximate surface area is 192 Å². The summed E-state index contributed by atoms with van der Waals surface area (Å²) in [5, 5.41) is 11.1. The number of fused-ring (bicyclic) bond motifs is 1. The second-order valence-corrected chi connectivity index (χ2v) is 8.56. The molecule has 6 nitrogen and oxygen atoms in total. The van der Waals surface area contributed by atoms with Crippen molar-refractivity contribution in [3.8, 4) is 5.75 Å². The topological polar surface area (TPSA) is 70.1 Å². The number of ether oxygens (including phenoxy) is 1. The number of halogens is 1. The molecule has 0 saturated carbocycles. The van der Waals surface area contributed by atoms with Crippen LogP contribution in [0.3, 0.4) is 0 Å². The van der Waals surface area contributed by atoms with Crippen LogP contribution in [0.4, 0.5) is 4.39 Å². The fourth-order valence-electron chi connectivity index (χ4n) is 4.37. The van der Waals surface area contributed by atoms with E-state index >= 15 is 0 Å². The predicted octanol–water partition coefficient (Wildman–Crippen LogP) is 4.18. The van der Waals surface area contributed by atoms with Gasteiger partial charge in [-0.25, -0.2) is 9.18 Å². The van der Waals surface area contributed by atoms with Gasteiger partial charge in [0.15, 0.2) is 6.61 Å². The number of piperazine rings is 1. The maximum atomic E-state index is 13.2. The van der Waals surface area contributed by atoms with E-state index < -0.39 is 5.97 Å². The molecule has 0 bridgehead atoms. The van der Waals surface area contributed by atoms with Crippen molar-refractivity contribution in [2.24, 2.45) is 0 Å². The number of nitrogens with zero attached hydrogens (tertiary/aromatic N) is 2. The summed E-state index contributed by atoms with van der Waals surface area (Å²) in [5.41, 5.74) is 1.06. The van der Waals surface area contributed by atoms with E-state index in [0.717, 1.165) is 10.9 Å². The number of amides is 1. The van der Waals surface area contributed by atoms with Crippen LogP contribution in [0.25, 0.3) is 10.8 Å². The molecule has 1 fully saturated rings. The molecule has 2 atom stereocenters. The summed E-state index contributed by atoms with van der Waals surface area (Å²) in [6.07, 6.45) is 0. The molecular weight excluding hydrogens is 423 g/mol. The number of carbonyl (C=O) groups excluding carboxylic acids is 1. The smallest absolute Gasteiger partial charge is 0.339 e. The van der Waals surface area contributed by atoms with Crippen LogP contribution < -0.4 is 4.74 Å². The summed E-state index contributed by atoms with van der Waals surface area (Å²) in [7, 11) is 0. The van der Waals surface area contributed by atoms with Crippen LogP contribution in [0.2, 0.25) is 0 Å². The minimum absolute atomic E-state index is 0.0343. The molecule has 1 amide bonds. The molecular formula is C26H27FN2O4. The Morgan fingerprint density at radius 1 is 1.00 bits per heavy atom. The fraction of sp³-hybridized carbons (Fsp3) is 0.308. The number of carbonyl (C=O) groups is 2. The van der Waals surface area contributed by atoms with Crippen molar-refractivity contribution in [3.05, 3.63) is 77.6 Å². The molecule has 3 aromatic rings. The van der Waals surface area contributed by atoms with Crippen molar-refractivity contribution < 1.29 is 23.8 Å². The van der Waals surface area contributed by atoms with Gasteiger partial charge in [-0.2, -0.15) is 0 Å². The Balaban J connectivity index is 1.44. The molecule has 4 rings (SSSR count). The normalized spacial score (nSPS) is 18.9. The lowest BCUT2D eigenvalue weighted by molar-refractivity contribution is -0.139. The molecule has 0 radical (unpaired) electrons. The first-order chi connectivity index (χ1) is 15.8. The van der Waals surface area contributed by atoms with Gasteiger partial charge in [0.1, 0.15) is 17.1 Å². The zero-order valence-electron chi connectivity index (χ0n) is 18.7. The Bertz CT molecular complexity index is 1160. The lowest BCUT2D eigenvalue weighted by Crippen LogP contribution is -2.58. The molecule has 0 aliphatic carbocycles. The van der Waals surface area contributed by atoms with E-state index in [9.17, 15) is 19.1 Å². The Morgan fingerprint density at radius 3 is 2.45 bits per heavy atom. The Kier molecular flexibility index (Phi) is 6.60. The van der Waals surface area contributed by atoms with E-state index in [0.29, 0.717) is 25.0 Å². The highest BCUT2D eigenvalue weighted by Gasteiger charge is 2.32. The largest absolute Gasteiger partial charge is 0.482 e. The van der Waals surface area contributed by atoms with Crippen molar-refractivity contribution in [2.45, 2.75) is 32.5 Å². The van der Waals surface area contributed by atoms with Gasteiger partial charge in [-0.3, -0.25) is 9.69 Å². The van der Waals surface area contributed by atoms with Crippen molar-refractivity contribution in [1.29, 1.82) is 0 Å². The molecule has 1 aliphatic heterocycles. The molecule has 3 aromatic carbocycles.